The molecule has 1 aromatic rings. The van der Waals surface area contributed by atoms with Crippen molar-refractivity contribution >= 4 is 22.9 Å². The van der Waals surface area contributed by atoms with Crippen molar-refractivity contribution in [1.82, 2.24) is 0 Å². The lowest BCUT2D eigenvalue weighted by atomic mass is 9.93. The van der Waals surface area contributed by atoms with Gasteiger partial charge in [0.2, 0.25) is 0 Å². The number of hydrogen-bond donors (Lipinski definition) is 1. The standard InChI is InChI=1S/C12H18N2S/c1-12(2,11(13)15)9-14(3)10-7-5-4-6-8-10/h4-8H,9H2,1-3H3,(H2,13,15). The summed E-state index contributed by atoms with van der Waals surface area (Å²) in [5.41, 5.74) is 6.74. The molecule has 0 radical (unpaired) electrons. The number of thiocarbonyl (C=S) groups is 1. The Morgan fingerprint density at radius 2 is 1.87 bits per heavy atom. The van der Waals surface area contributed by atoms with E-state index in [1.807, 2.05) is 18.2 Å². The Balaban J connectivity index is 2.72. The number of hydrogen-bond acceptors (Lipinski definition) is 2. The van der Waals surface area contributed by atoms with Crippen LogP contribution in [0.2, 0.25) is 0 Å². The van der Waals surface area contributed by atoms with Gasteiger partial charge in [0, 0.05) is 24.7 Å². The molecule has 0 aromatic heterocycles. The van der Waals surface area contributed by atoms with Gasteiger partial charge >= 0.3 is 0 Å². The first-order valence-electron chi connectivity index (χ1n) is 4.99. The van der Waals surface area contributed by atoms with E-state index in [4.69, 9.17) is 18.0 Å². The molecular formula is C12H18N2S. The van der Waals surface area contributed by atoms with Crippen LogP contribution in [0.1, 0.15) is 13.8 Å². The van der Waals surface area contributed by atoms with E-state index in [2.05, 4.69) is 37.9 Å². The zero-order valence-electron chi connectivity index (χ0n) is 9.53. The minimum Gasteiger partial charge on any atom is -0.393 e. The molecule has 0 saturated heterocycles. The quantitative estimate of drug-likeness (QED) is 0.793. The van der Waals surface area contributed by atoms with Crippen LogP contribution in [0.4, 0.5) is 5.69 Å². The summed E-state index contributed by atoms with van der Waals surface area (Å²) in [5.74, 6) is 0. The molecule has 0 aliphatic carbocycles. The monoisotopic (exact) mass is 222 g/mol. The van der Waals surface area contributed by atoms with Gasteiger partial charge in [-0.15, -0.1) is 0 Å². The van der Waals surface area contributed by atoms with Crippen LogP contribution in [0.25, 0.3) is 0 Å². The van der Waals surface area contributed by atoms with E-state index in [0.717, 1.165) is 6.54 Å². The lowest BCUT2D eigenvalue weighted by Crippen LogP contribution is -2.40. The summed E-state index contributed by atoms with van der Waals surface area (Å²) in [4.78, 5) is 2.73. The van der Waals surface area contributed by atoms with Crippen LogP contribution in [-0.4, -0.2) is 18.6 Å². The van der Waals surface area contributed by atoms with Gasteiger partial charge in [-0.3, -0.25) is 0 Å². The smallest absolute Gasteiger partial charge is 0.0802 e. The van der Waals surface area contributed by atoms with Crippen LogP contribution in [0.3, 0.4) is 0 Å². The van der Waals surface area contributed by atoms with Crippen molar-refractivity contribution in [3.05, 3.63) is 30.3 Å². The van der Waals surface area contributed by atoms with E-state index in [0.29, 0.717) is 4.99 Å². The lowest BCUT2D eigenvalue weighted by molar-refractivity contribution is 0.525. The van der Waals surface area contributed by atoms with Crippen molar-refractivity contribution in [2.24, 2.45) is 11.1 Å². The first-order chi connectivity index (χ1) is 6.93. The van der Waals surface area contributed by atoms with E-state index in [1.165, 1.54) is 5.69 Å². The van der Waals surface area contributed by atoms with Gasteiger partial charge in [-0.1, -0.05) is 44.3 Å². The third-order valence-electron chi connectivity index (χ3n) is 2.50. The van der Waals surface area contributed by atoms with Crippen molar-refractivity contribution in [2.75, 3.05) is 18.5 Å². The largest absolute Gasteiger partial charge is 0.393 e. The molecule has 0 atom stereocenters. The molecule has 0 fully saturated rings. The zero-order valence-corrected chi connectivity index (χ0v) is 10.3. The minimum atomic E-state index is -0.139. The second-order valence-electron chi connectivity index (χ2n) is 4.44. The maximum absolute atomic E-state index is 5.70. The fourth-order valence-electron chi connectivity index (χ4n) is 1.44. The van der Waals surface area contributed by atoms with Gasteiger partial charge in [0.1, 0.15) is 0 Å². The second kappa shape index (κ2) is 4.62. The number of nitrogens with zero attached hydrogens (tertiary/aromatic N) is 1. The maximum Gasteiger partial charge on any atom is 0.0802 e. The van der Waals surface area contributed by atoms with Crippen molar-refractivity contribution < 1.29 is 0 Å². The van der Waals surface area contributed by atoms with Crippen LogP contribution in [-0.2, 0) is 0 Å². The van der Waals surface area contributed by atoms with Crippen LogP contribution >= 0.6 is 12.2 Å². The molecule has 2 N–H and O–H groups in total. The Morgan fingerprint density at radius 1 is 1.33 bits per heavy atom. The summed E-state index contributed by atoms with van der Waals surface area (Å²) < 4.78 is 0. The number of nitrogens with two attached hydrogens (primary N) is 1. The molecule has 0 heterocycles. The Morgan fingerprint density at radius 3 is 2.33 bits per heavy atom. The molecule has 1 aromatic carbocycles. The molecule has 0 spiro atoms. The number of benzene rings is 1. The third kappa shape index (κ3) is 3.20. The fraction of sp³-hybridized carbons (Fsp3) is 0.417. The Hall–Kier alpha value is -1.09. The van der Waals surface area contributed by atoms with Crippen molar-refractivity contribution in [2.45, 2.75) is 13.8 Å². The van der Waals surface area contributed by atoms with E-state index in [1.54, 1.807) is 0 Å². The summed E-state index contributed by atoms with van der Waals surface area (Å²) in [7, 11) is 2.05. The molecule has 0 bridgehead atoms. The van der Waals surface area contributed by atoms with Gasteiger partial charge in [-0.2, -0.15) is 0 Å². The van der Waals surface area contributed by atoms with Gasteiger partial charge < -0.3 is 10.6 Å². The molecule has 0 unspecified atom stereocenters. The number of rotatable bonds is 4. The topological polar surface area (TPSA) is 29.3 Å². The highest BCUT2D eigenvalue weighted by molar-refractivity contribution is 7.80. The first kappa shape index (κ1) is 12.0. The van der Waals surface area contributed by atoms with E-state index in [9.17, 15) is 0 Å². The van der Waals surface area contributed by atoms with Crippen LogP contribution < -0.4 is 10.6 Å². The average Bonchev–Trinajstić information content (AvgIpc) is 2.18. The van der Waals surface area contributed by atoms with Gasteiger partial charge in [0.05, 0.1) is 4.99 Å². The van der Waals surface area contributed by atoms with Gasteiger partial charge in [-0.25, -0.2) is 0 Å². The number of para-hydroxylation sites is 1. The number of anilines is 1. The Labute approximate surface area is 97.1 Å². The predicted molar refractivity (Wildman–Crippen MR) is 70.3 cm³/mol. The molecule has 0 amide bonds. The highest BCUT2D eigenvalue weighted by Crippen LogP contribution is 2.20. The molecular weight excluding hydrogens is 204 g/mol. The summed E-state index contributed by atoms with van der Waals surface area (Å²) in [6.45, 7) is 4.95. The summed E-state index contributed by atoms with van der Waals surface area (Å²) >= 11 is 5.05. The van der Waals surface area contributed by atoms with Gasteiger partial charge in [0.15, 0.2) is 0 Å². The van der Waals surface area contributed by atoms with Crippen LogP contribution in [0.5, 0.6) is 0 Å². The minimum absolute atomic E-state index is 0.139. The average molecular weight is 222 g/mol. The van der Waals surface area contributed by atoms with Gasteiger partial charge in [-0.05, 0) is 12.1 Å². The molecule has 3 heteroatoms. The van der Waals surface area contributed by atoms with E-state index in [-0.39, 0.29) is 5.41 Å². The maximum atomic E-state index is 5.70. The molecule has 82 valence electrons. The third-order valence-corrected chi connectivity index (χ3v) is 3.05. The van der Waals surface area contributed by atoms with Crippen molar-refractivity contribution in [3.8, 4) is 0 Å². The highest BCUT2D eigenvalue weighted by Gasteiger charge is 2.23. The highest BCUT2D eigenvalue weighted by atomic mass is 32.1. The van der Waals surface area contributed by atoms with Crippen molar-refractivity contribution in [1.29, 1.82) is 0 Å². The van der Waals surface area contributed by atoms with Crippen LogP contribution in [0, 0.1) is 5.41 Å². The first-order valence-corrected chi connectivity index (χ1v) is 5.40. The predicted octanol–water partition coefficient (Wildman–Crippen LogP) is 2.44. The molecule has 2 nitrogen and oxygen atoms in total. The Bertz CT molecular complexity index is 333. The molecule has 0 saturated carbocycles. The van der Waals surface area contributed by atoms with Crippen molar-refractivity contribution in [3.63, 3.8) is 0 Å². The molecule has 1 rings (SSSR count). The lowest BCUT2D eigenvalue weighted by Gasteiger charge is -2.30. The molecule has 0 aliphatic rings. The summed E-state index contributed by atoms with van der Waals surface area (Å²) in [5, 5.41) is 0. The Kier molecular flexibility index (Phi) is 3.69. The second-order valence-corrected chi connectivity index (χ2v) is 4.88. The molecule has 15 heavy (non-hydrogen) atoms. The zero-order chi connectivity index (χ0) is 11.5. The molecule has 0 aliphatic heterocycles. The summed E-state index contributed by atoms with van der Waals surface area (Å²) in [6.07, 6.45) is 0. The SMILES string of the molecule is CN(CC(C)(C)C(N)=S)c1ccccc1. The fourth-order valence-corrected chi connectivity index (χ4v) is 1.51. The van der Waals surface area contributed by atoms with Crippen LogP contribution in [0.15, 0.2) is 30.3 Å². The van der Waals surface area contributed by atoms with Gasteiger partial charge in [0.25, 0.3) is 0 Å². The van der Waals surface area contributed by atoms with E-state index < -0.39 is 0 Å². The normalized spacial score (nSPS) is 11.1. The summed E-state index contributed by atoms with van der Waals surface area (Å²) in [6, 6.07) is 10.2. The van der Waals surface area contributed by atoms with E-state index >= 15 is 0 Å².